The molecule has 2 aromatic heterocycles. The third-order valence-corrected chi connectivity index (χ3v) is 6.65. The second-order valence-electron chi connectivity index (χ2n) is 8.06. The van der Waals surface area contributed by atoms with Crippen LogP contribution in [0.4, 0.5) is 13.2 Å². The first-order chi connectivity index (χ1) is 17.6. The number of hydroxylamine groups is 2. The molecule has 2 aromatic carbocycles. The number of fused-ring (bicyclic) bond motifs is 1. The molecule has 5 nitrogen and oxygen atoms in total. The number of rotatable bonds is 2. The van der Waals surface area contributed by atoms with E-state index in [9.17, 15) is 18.4 Å². The number of nitrogens with zero attached hydrogens (tertiary/aromatic N) is 3. The van der Waals surface area contributed by atoms with Gasteiger partial charge in [-0.05, 0) is 48.9 Å². The van der Waals surface area contributed by atoms with E-state index in [1.807, 2.05) is 75.4 Å². The van der Waals surface area contributed by atoms with Crippen LogP contribution in [-0.4, -0.2) is 26.6 Å². The van der Waals surface area contributed by atoms with E-state index >= 15 is 0 Å². The smallest absolute Gasteiger partial charge is 0.435 e. The van der Waals surface area contributed by atoms with Crippen LogP contribution in [0.2, 0.25) is 5.02 Å². The van der Waals surface area contributed by atoms with Crippen LogP contribution in [0.1, 0.15) is 41.6 Å². The summed E-state index contributed by atoms with van der Waals surface area (Å²) in [4.78, 5) is 1.85. The zero-order chi connectivity index (χ0) is 27.2. The maximum absolute atomic E-state index is 12.4. The number of thiophene rings is 1. The van der Waals surface area contributed by atoms with Gasteiger partial charge in [-0.3, -0.25) is 4.68 Å². The standard InChI is InChI=1S/C15H14ClNO2.C10H9F3N2S.C2H6/c16-13-7-5-11(6-8-13)15-10-17(18)9-12-3-1-2-4-14(12)19-15;1-6-3-4-8(16-6)7-5-9(10(11,12)13)14-15(7)2;1-2/h1-8,15,18H,9-10H2;3-5H,1-2H3;1-2H3. The van der Waals surface area contributed by atoms with Crippen LogP contribution in [0, 0.1) is 6.92 Å². The molecule has 1 N–H and O–H groups in total. The third-order valence-electron chi connectivity index (χ3n) is 5.38. The fourth-order valence-corrected chi connectivity index (χ4v) is 4.69. The molecule has 1 unspecified atom stereocenters. The van der Waals surface area contributed by atoms with Crippen LogP contribution >= 0.6 is 22.9 Å². The molecular weight excluding hydrogens is 523 g/mol. The van der Waals surface area contributed by atoms with Crippen LogP contribution < -0.4 is 4.74 Å². The first-order valence-corrected chi connectivity index (χ1v) is 12.9. The van der Waals surface area contributed by atoms with E-state index in [2.05, 4.69) is 5.10 Å². The summed E-state index contributed by atoms with van der Waals surface area (Å²) in [6, 6.07) is 20.0. The van der Waals surface area contributed by atoms with Gasteiger partial charge in [0.1, 0.15) is 11.9 Å². The molecule has 0 spiro atoms. The van der Waals surface area contributed by atoms with Crippen LogP contribution in [0.25, 0.3) is 10.6 Å². The SMILES string of the molecule is CC.Cc1ccc(-c2cc(C(F)(F)F)nn2C)s1.ON1Cc2ccccc2OC(c2ccc(Cl)cc2)C1. The fourth-order valence-electron chi connectivity index (χ4n) is 3.65. The molecule has 5 rings (SSSR count). The summed E-state index contributed by atoms with van der Waals surface area (Å²) in [5.41, 5.74) is 1.63. The Hall–Kier alpha value is -2.85. The number of alkyl halides is 3. The highest BCUT2D eigenvalue weighted by atomic mass is 35.5. The van der Waals surface area contributed by atoms with Crippen molar-refractivity contribution >= 4 is 22.9 Å². The van der Waals surface area contributed by atoms with Gasteiger partial charge in [0.05, 0.1) is 23.7 Å². The predicted octanol–water partition coefficient (Wildman–Crippen LogP) is 8.17. The molecule has 3 heterocycles. The molecule has 1 atom stereocenters. The van der Waals surface area contributed by atoms with Gasteiger partial charge in [0.25, 0.3) is 0 Å². The lowest BCUT2D eigenvalue weighted by Crippen LogP contribution is -2.24. The fraction of sp³-hybridized carbons (Fsp3) is 0.296. The molecular formula is C27H29ClF3N3O2S. The lowest BCUT2D eigenvalue weighted by atomic mass is 10.1. The minimum atomic E-state index is -4.39. The van der Waals surface area contributed by atoms with Crippen molar-refractivity contribution in [2.45, 2.75) is 39.6 Å². The van der Waals surface area contributed by atoms with E-state index in [1.165, 1.54) is 28.1 Å². The number of hydrogen-bond acceptors (Lipinski definition) is 5. The maximum atomic E-state index is 12.4. The first-order valence-electron chi connectivity index (χ1n) is 11.7. The number of aryl methyl sites for hydroxylation is 2. The van der Waals surface area contributed by atoms with Crippen molar-refractivity contribution in [1.29, 1.82) is 0 Å². The van der Waals surface area contributed by atoms with Crippen LogP contribution in [0.5, 0.6) is 5.75 Å². The van der Waals surface area contributed by atoms with Gasteiger partial charge in [0.15, 0.2) is 5.69 Å². The van der Waals surface area contributed by atoms with E-state index in [0.717, 1.165) is 32.7 Å². The highest BCUT2D eigenvalue weighted by Crippen LogP contribution is 2.34. The molecule has 0 fully saturated rings. The van der Waals surface area contributed by atoms with Crippen molar-refractivity contribution in [3.63, 3.8) is 0 Å². The quantitative estimate of drug-likeness (QED) is 0.273. The van der Waals surface area contributed by atoms with Gasteiger partial charge in [0.2, 0.25) is 0 Å². The predicted molar refractivity (Wildman–Crippen MR) is 141 cm³/mol. The van der Waals surface area contributed by atoms with Crippen LogP contribution in [0.15, 0.2) is 66.7 Å². The molecule has 0 saturated heterocycles. The molecule has 0 bridgehead atoms. The van der Waals surface area contributed by atoms with Crippen LogP contribution in [-0.2, 0) is 19.8 Å². The molecule has 0 saturated carbocycles. The van der Waals surface area contributed by atoms with Crippen molar-refractivity contribution < 1.29 is 23.1 Å². The summed E-state index contributed by atoms with van der Waals surface area (Å²) in [6.45, 7) is 6.81. The zero-order valence-corrected chi connectivity index (χ0v) is 22.5. The number of halogens is 4. The molecule has 4 aromatic rings. The van der Waals surface area contributed by atoms with E-state index in [0.29, 0.717) is 23.8 Å². The average Bonchev–Trinajstić information content (AvgIpc) is 3.42. The minimum Gasteiger partial charge on any atom is -0.484 e. The average molecular weight is 552 g/mol. The van der Waals surface area contributed by atoms with Gasteiger partial charge in [-0.2, -0.15) is 23.3 Å². The van der Waals surface area contributed by atoms with Crippen molar-refractivity contribution in [3.8, 4) is 16.3 Å². The molecule has 0 aliphatic carbocycles. The highest BCUT2D eigenvalue weighted by molar-refractivity contribution is 7.15. The summed E-state index contributed by atoms with van der Waals surface area (Å²) in [5, 5.41) is 15.4. The van der Waals surface area contributed by atoms with E-state index in [-0.39, 0.29) is 6.10 Å². The number of benzene rings is 2. The van der Waals surface area contributed by atoms with E-state index < -0.39 is 11.9 Å². The third kappa shape index (κ3) is 7.58. The number of para-hydroxylation sites is 1. The van der Waals surface area contributed by atoms with Gasteiger partial charge >= 0.3 is 6.18 Å². The normalized spacial score (nSPS) is 15.3. The highest BCUT2D eigenvalue weighted by Gasteiger charge is 2.34. The van der Waals surface area contributed by atoms with Gasteiger partial charge in [-0.1, -0.05) is 55.8 Å². The number of hydrogen-bond donors (Lipinski definition) is 1. The van der Waals surface area contributed by atoms with Crippen molar-refractivity contribution in [3.05, 3.63) is 93.5 Å². The molecule has 1 aliphatic heterocycles. The molecule has 1 aliphatic rings. The summed E-state index contributed by atoms with van der Waals surface area (Å²) >= 11 is 7.34. The Morgan fingerprint density at radius 3 is 2.32 bits per heavy atom. The van der Waals surface area contributed by atoms with Crippen molar-refractivity contribution in [1.82, 2.24) is 14.8 Å². The largest absolute Gasteiger partial charge is 0.484 e. The van der Waals surface area contributed by atoms with Crippen LogP contribution in [0.3, 0.4) is 0 Å². The first kappa shape index (κ1) is 28.7. The monoisotopic (exact) mass is 551 g/mol. The Bertz CT molecular complexity index is 1290. The second kappa shape index (κ2) is 12.6. The van der Waals surface area contributed by atoms with Gasteiger partial charge in [0, 0.05) is 22.5 Å². The van der Waals surface area contributed by atoms with E-state index in [1.54, 1.807) is 6.07 Å². The lowest BCUT2D eigenvalue weighted by Gasteiger charge is -2.19. The van der Waals surface area contributed by atoms with Gasteiger partial charge in [-0.25, -0.2) is 0 Å². The zero-order valence-electron chi connectivity index (χ0n) is 21.0. The Labute approximate surface area is 223 Å². The van der Waals surface area contributed by atoms with Gasteiger partial charge < -0.3 is 9.94 Å². The van der Waals surface area contributed by atoms with Gasteiger partial charge in [-0.15, -0.1) is 11.3 Å². The topological polar surface area (TPSA) is 50.5 Å². The summed E-state index contributed by atoms with van der Waals surface area (Å²) in [6.07, 6.45) is -4.59. The number of ether oxygens (including phenoxy) is 1. The molecule has 37 heavy (non-hydrogen) atoms. The minimum absolute atomic E-state index is 0.203. The molecule has 0 amide bonds. The Morgan fingerprint density at radius 2 is 1.73 bits per heavy atom. The Morgan fingerprint density at radius 1 is 1.05 bits per heavy atom. The van der Waals surface area contributed by atoms with Crippen molar-refractivity contribution in [2.75, 3.05) is 6.54 Å². The van der Waals surface area contributed by atoms with E-state index in [4.69, 9.17) is 16.3 Å². The number of aromatic nitrogens is 2. The second-order valence-corrected chi connectivity index (χ2v) is 9.78. The molecule has 10 heteroatoms. The molecule has 198 valence electrons. The Balaban J connectivity index is 0.000000195. The van der Waals surface area contributed by atoms with Crippen molar-refractivity contribution in [2.24, 2.45) is 7.05 Å². The summed E-state index contributed by atoms with van der Waals surface area (Å²) in [5.74, 6) is 0.819. The lowest BCUT2D eigenvalue weighted by molar-refractivity contribution is -0.141. The summed E-state index contributed by atoms with van der Waals surface area (Å²) in [7, 11) is 1.51. The maximum Gasteiger partial charge on any atom is 0.435 e. The molecule has 0 radical (unpaired) electrons. The summed E-state index contributed by atoms with van der Waals surface area (Å²) < 4.78 is 44.6. The Kier molecular flexibility index (Phi) is 9.78.